The normalized spacial score (nSPS) is 12.5. The first-order chi connectivity index (χ1) is 8.88. The van der Waals surface area contributed by atoms with E-state index in [4.69, 9.17) is 11.6 Å². The second-order valence-corrected chi connectivity index (χ2v) is 6.42. The van der Waals surface area contributed by atoms with Gasteiger partial charge in [0, 0.05) is 10.6 Å². The van der Waals surface area contributed by atoms with Gasteiger partial charge in [-0.25, -0.2) is 8.78 Å². The van der Waals surface area contributed by atoms with E-state index in [2.05, 4.69) is 31.9 Å². The molecule has 0 aliphatic heterocycles. The van der Waals surface area contributed by atoms with Gasteiger partial charge >= 0.3 is 0 Å². The number of hydrogen-bond donors (Lipinski definition) is 0. The Morgan fingerprint density at radius 2 is 1.74 bits per heavy atom. The maximum Gasteiger partial charge on any atom is 0.137 e. The Morgan fingerprint density at radius 1 is 1.05 bits per heavy atom. The van der Waals surface area contributed by atoms with Crippen LogP contribution in [-0.4, -0.2) is 0 Å². The van der Waals surface area contributed by atoms with Gasteiger partial charge in [-0.3, -0.25) is 0 Å². The Hall–Kier alpha value is -0.450. The molecular weight excluding hydrogens is 401 g/mol. The molecule has 0 aliphatic rings. The van der Waals surface area contributed by atoms with Crippen LogP contribution in [0.4, 0.5) is 8.78 Å². The molecule has 2 rings (SSSR count). The number of aryl methyl sites for hydroxylation is 1. The highest BCUT2D eigenvalue weighted by Gasteiger charge is 2.18. The molecule has 0 aromatic heterocycles. The summed E-state index contributed by atoms with van der Waals surface area (Å²) in [5.41, 5.74) is 1.98. The van der Waals surface area contributed by atoms with Gasteiger partial charge in [0.2, 0.25) is 0 Å². The average molecular weight is 410 g/mol. The smallest absolute Gasteiger partial charge is 0.137 e. The van der Waals surface area contributed by atoms with Crippen LogP contribution in [0.2, 0.25) is 5.02 Å². The Labute approximate surface area is 132 Å². The lowest BCUT2D eigenvalue weighted by atomic mass is 10.0. The second-order valence-electron chi connectivity index (χ2n) is 4.21. The SMILES string of the molecule is Cc1cc(Cl)cc(C(Br)c2cc(F)c(Br)cc2F)c1. The van der Waals surface area contributed by atoms with Crippen molar-refractivity contribution in [1.82, 2.24) is 0 Å². The molecule has 0 spiro atoms. The van der Waals surface area contributed by atoms with Crippen molar-refractivity contribution in [2.45, 2.75) is 11.8 Å². The average Bonchev–Trinajstić information content (AvgIpc) is 2.31. The van der Waals surface area contributed by atoms with Crippen LogP contribution < -0.4 is 0 Å². The van der Waals surface area contributed by atoms with Gasteiger partial charge in [0.05, 0.1) is 9.30 Å². The van der Waals surface area contributed by atoms with Crippen LogP contribution in [0.25, 0.3) is 0 Å². The first-order valence-electron chi connectivity index (χ1n) is 5.44. The summed E-state index contributed by atoms with van der Waals surface area (Å²) in [5, 5.41) is 0.567. The van der Waals surface area contributed by atoms with Gasteiger partial charge in [-0.15, -0.1) is 0 Å². The quantitative estimate of drug-likeness (QED) is 0.410. The molecule has 0 radical (unpaired) electrons. The van der Waals surface area contributed by atoms with Crippen LogP contribution in [0, 0.1) is 18.6 Å². The number of halogens is 5. The fourth-order valence-corrected chi connectivity index (χ4v) is 3.05. The minimum Gasteiger partial charge on any atom is -0.207 e. The van der Waals surface area contributed by atoms with E-state index in [-0.39, 0.29) is 10.0 Å². The predicted molar refractivity (Wildman–Crippen MR) is 81.0 cm³/mol. The molecule has 1 atom stereocenters. The largest absolute Gasteiger partial charge is 0.207 e. The molecule has 2 aromatic carbocycles. The molecule has 5 heteroatoms. The molecule has 2 aromatic rings. The summed E-state index contributed by atoms with van der Waals surface area (Å²) >= 11 is 12.3. The summed E-state index contributed by atoms with van der Waals surface area (Å²) < 4.78 is 27.5. The van der Waals surface area contributed by atoms with Crippen molar-refractivity contribution in [3.05, 3.63) is 68.2 Å². The Balaban J connectivity index is 2.49. The van der Waals surface area contributed by atoms with E-state index in [1.54, 1.807) is 6.07 Å². The van der Waals surface area contributed by atoms with Crippen LogP contribution in [-0.2, 0) is 0 Å². The lowest BCUT2D eigenvalue weighted by molar-refractivity contribution is 0.583. The molecule has 0 fully saturated rings. The van der Waals surface area contributed by atoms with Gasteiger partial charge in [0.25, 0.3) is 0 Å². The van der Waals surface area contributed by atoms with Crippen molar-refractivity contribution in [3.63, 3.8) is 0 Å². The summed E-state index contributed by atoms with van der Waals surface area (Å²) in [6.07, 6.45) is 0. The molecule has 0 saturated carbocycles. The monoisotopic (exact) mass is 408 g/mol. The van der Waals surface area contributed by atoms with Crippen molar-refractivity contribution in [1.29, 1.82) is 0 Å². The third kappa shape index (κ3) is 3.36. The number of benzene rings is 2. The maximum atomic E-state index is 13.9. The van der Waals surface area contributed by atoms with Crippen LogP contribution in [0.5, 0.6) is 0 Å². The molecule has 0 amide bonds. The zero-order valence-electron chi connectivity index (χ0n) is 9.85. The molecule has 1 unspecified atom stereocenters. The summed E-state index contributed by atoms with van der Waals surface area (Å²) in [4.78, 5) is -0.451. The molecule has 0 heterocycles. The second kappa shape index (κ2) is 5.90. The minimum absolute atomic E-state index is 0.107. The molecule has 0 aliphatic carbocycles. The molecular formula is C14H9Br2ClF2. The van der Waals surface area contributed by atoms with Gasteiger partial charge in [0.1, 0.15) is 11.6 Å². The highest BCUT2D eigenvalue weighted by molar-refractivity contribution is 9.10. The van der Waals surface area contributed by atoms with Crippen LogP contribution in [0.3, 0.4) is 0 Å². The predicted octanol–water partition coefficient (Wildman–Crippen LogP) is 6.17. The van der Waals surface area contributed by atoms with Crippen molar-refractivity contribution in [2.24, 2.45) is 0 Å². The minimum atomic E-state index is -0.500. The van der Waals surface area contributed by atoms with E-state index in [9.17, 15) is 8.78 Å². The molecule has 0 N–H and O–H groups in total. The zero-order chi connectivity index (χ0) is 14.2. The van der Waals surface area contributed by atoms with Gasteiger partial charge in [0.15, 0.2) is 0 Å². The van der Waals surface area contributed by atoms with E-state index in [1.807, 2.05) is 19.1 Å². The van der Waals surface area contributed by atoms with E-state index in [1.165, 1.54) is 6.07 Å². The molecule has 0 saturated heterocycles. The molecule has 0 nitrogen and oxygen atoms in total. The Bertz CT molecular complexity index is 609. The van der Waals surface area contributed by atoms with E-state index in [0.29, 0.717) is 5.02 Å². The molecule has 0 bridgehead atoms. The van der Waals surface area contributed by atoms with E-state index < -0.39 is 16.5 Å². The van der Waals surface area contributed by atoms with Crippen molar-refractivity contribution < 1.29 is 8.78 Å². The third-order valence-corrected chi connectivity index (χ3v) is 4.52. The third-order valence-electron chi connectivity index (χ3n) is 2.67. The first-order valence-corrected chi connectivity index (χ1v) is 7.52. The Morgan fingerprint density at radius 3 is 2.37 bits per heavy atom. The molecule has 100 valence electrons. The highest BCUT2D eigenvalue weighted by Crippen LogP contribution is 2.36. The van der Waals surface area contributed by atoms with E-state index in [0.717, 1.165) is 17.2 Å². The zero-order valence-corrected chi connectivity index (χ0v) is 13.8. The van der Waals surface area contributed by atoms with Gasteiger partial charge in [-0.1, -0.05) is 33.6 Å². The van der Waals surface area contributed by atoms with Crippen molar-refractivity contribution in [2.75, 3.05) is 0 Å². The number of alkyl halides is 1. The maximum absolute atomic E-state index is 13.9. The number of rotatable bonds is 2. The first kappa shape index (κ1) is 14.9. The summed E-state index contributed by atoms with van der Waals surface area (Å²) in [7, 11) is 0. The topological polar surface area (TPSA) is 0 Å². The summed E-state index contributed by atoms with van der Waals surface area (Å²) in [5.74, 6) is -0.979. The van der Waals surface area contributed by atoms with Gasteiger partial charge in [-0.05, 0) is 58.2 Å². The Kier molecular flexibility index (Phi) is 4.64. The summed E-state index contributed by atoms with van der Waals surface area (Å²) in [6, 6.07) is 7.72. The van der Waals surface area contributed by atoms with Crippen LogP contribution in [0.15, 0.2) is 34.8 Å². The summed E-state index contributed by atoms with van der Waals surface area (Å²) in [6.45, 7) is 1.90. The van der Waals surface area contributed by atoms with Crippen molar-refractivity contribution >= 4 is 43.5 Å². The van der Waals surface area contributed by atoms with Gasteiger partial charge in [-0.2, -0.15) is 0 Å². The van der Waals surface area contributed by atoms with Crippen LogP contribution in [0.1, 0.15) is 21.5 Å². The number of hydrogen-bond acceptors (Lipinski definition) is 0. The molecule has 19 heavy (non-hydrogen) atoms. The van der Waals surface area contributed by atoms with Gasteiger partial charge < -0.3 is 0 Å². The van der Waals surface area contributed by atoms with E-state index >= 15 is 0 Å². The lowest BCUT2D eigenvalue weighted by Gasteiger charge is -2.14. The van der Waals surface area contributed by atoms with Crippen LogP contribution >= 0.6 is 43.5 Å². The standard InChI is InChI=1S/C14H9Br2ClF2/c1-7-2-8(4-9(17)3-7)14(16)10-5-13(19)11(15)6-12(10)18/h2-6,14H,1H3. The fourth-order valence-electron chi connectivity index (χ4n) is 1.82. The van der Waals surface area contributed by atoms with Crippen molar-refractivity contribution in [3.8, 4) is 0 Å². The highest BCUT2D eigenvalue weighted by atomic mass is 79.9. The fraction of sp³-hybridized carbons (Fsp3) is 0.143. The lowest BCUT2D eigenvalue weighted by Crippen LogP contribution is -1.99.